The highest BCUT2D eigenvalue weighted by Crippen LogP contribution is 2.25. The minimum absolute atomic E-state index is 0.119. The minimum atomic E-state index is -3.51. The van der Waals surface area contributed by atoms with Gasteiger partial charge in [-0.25, -0.2) is 13.4 Å². The molecule has 0 unspecified atom stereocenters. The van der Waals surface area contributed by atoms with Crippen molar-refractivity contribution >= 4 is 49.7 Å². The van der Waals surface area contributed by atoms with E-state index in [1.807, 2.05) is 36.6 Å². The maximum atomic E-state index is 12.6. The van der Waals surface area contributed by atoms with E-state index in [0.717, 1.165) is 24.1 Å². The minimum Gasteiger partial charge on any atom is -0.308 e. The lowest BCUT2D eigenvalue weighted by atomic mass is 10.1. The lowest BCUT2D eigenvalue weighted by Crippen LogP contribution is -2.34. The topological polar surface area (TPSA) is 91.4 Å². The van der Waals surface area contributed by atoms with Gasteiger partial charge in [-0.3, -0.25) is 10.1 Å². The number of carbonyl (C=O) groups is 1. The number of nitrogens with zero attached hydrogens (tertiary/aromatic N) is 2. The third kappa shape index (κ3) is 5.04. The summed E-state index contributed by atoms with van der Waals surface area (Å²) < 4.78 is 26.7. The second kappa shape index (κ2) is 9.45. The van der Waals surface area contributed by atoms with Crippen molar-refractivity contribution in [2.45, 2.75) is 24.7 Å². The molecule has 0 bridgehead atoms. The summed E-state index contributed by atoms with van der Waals surface area (Å²) in [4.78, 5) is 17.2. The van der Waals surface area contributed by atoms with E-state index in [1.54, 1.807) is 0 Å². The SMILES string of the molecule is Cc1ccc(-c2csc(NC(=S)NC(=O)c3ccc(S(=O)(=O)N4CCCC4)cc3)n2)cc1. The van der Waals surface area contributed by atoms with Crippen molar-refractivity contribution in [3.8, 4) is 11.3 Å². The van der Waals surface area contributed by atoms with Crippen molar-refractivity contribution in [2.24, 2.45) is 0 Å². The van der Waals surface area contributed by atoms with Crippen LogP contribution in [0, 0.1) is 6.92 Å². The number of amides is 1. The molecule has 2 N–H and O–H groups in total. The monoisotopic (exact) mass is 486 g/mol. The highest BCUT2D eigenvalue weighted by atomic mass is 32.2. The molecular weight excluding hydrogens is 464 g/mol. The van der Waals surface area contributed by atoms with Gasteiger partial charge in [0.15, 0.2) is 10.2 Å². The molecule has 3 aromatic rings. The standard InChI is InChI=1S/C22H22N4O3S3/c1-15-4-6-16(7-5-15)19-14-31-22(23-19)25-21(30)24-20(27)17-8-10-18(11-9-17)32(28,29)26-12-2-3-13-26/h4-11,14H,2-3,12-13H2,1H3,(H2,23,24,25,27,30). The maximum absolute atomic E-state index is 12.6. The quantitative estimate of drug-likeness (QED) is 0.529. The second-order valence-corrected chi connectivity index (χ2v) is 10.7. The molecular formula is C22H22N4O3S3. The molecule has 1 amide bonds. The van der Waals surface area contributed by atoms with Gasteiger partial charge < -0.3 is 5.32 Å². The van der Waals surface area contributed by atoms with Crippen molar-refractivity contribution in [1.82, 2.24) is 14.6 Å². The molecule has 2 aromatic carbocycles. The number of aryl methyl sites for hydroxylation is 1. The van der Waals surface area contributed by atoms with Crippen LogP contribution in [0.4, 0.5) is 5.13 Å². The first-order valence-corrected chi connectivity index (χ1v) is 12.8. The predicted octanol–water partition coefficient (Wildman–Crippen LogP) is 4.03. The summed E-state index contributed by atoms with van der Waals surface area (Å²) in [5.41, 5.74) is 3.31. The van der Waals surface area contributed by atoms with Gasteiger partial charge in [0.2, 0.25) is 10.0 Å². The number of hydrogen-bond acceptors (Lipinski definition) is 6. The summed E-state index contributed by atoms with van der Waals surface area (Å²) >= 11 is 6.62. The first kappa shape index (κ1) is 22.5. The van der Waals surface area contributed by atoms with Crippen molar-refractivity contribution in [1.29, 1.82) is 0 Å². The second-order valence-electron chi connectivity index (χ2n) is 7.45. The van der Waals surface area contributed by atoms with Crippen LogP contribution in [-0.4, -0.2) is 41.8 Å². The van der Waals surface area contributed by atoms with E-state index in [2.05, 4.69) is 15.6 Å². The van der Waals surface area contributed by atoms with Gasteiger partial charge in [0, 0.05) is 29.6 Å². The number of thiocarbonyl (C=S) groups is 1. The molecule has 0 saturated carbocycles. The molecule has 1 aromatic heterocycles. The molecule has 1 saturated heterocycles. The first-order valence-electron chi connectivity index (χ1n) is 10.1. The number of nitrogens with one attached hydrogen (secondary N) is 2. The van der Waals surface area contributed by atoms with Gasteiger partial charge in [-0.2, -0.15) is 4.31 Å². The lowest BCUT2D eigenvalue weighted by molar-refractivity contribution is 0.0977. The van der Waals surface area contributed by atoms with Gasteiger partial charge in [-0.1, -0.05) is 29.8 Å². The van der Waals surface area contributed by atoms with E-state index >= 15 is 0 Å². The summed E-state index contributed by atoms with van der Waals surface area (Å²) in [7, 11) is -3.51. The van der Waals surface area contributed by atoms with Crippen LogP contribution in [0.2, 0.25) is 0 Å². The van der Waals surface area contributed by atoms with Gasteiger partial charge in [0.05, 0.1) is 10.6 Å². The zero-order valence-electron chi connectivity index (χ0n) is 17.4. The Bertz CT molecular complexity index is 1230. The molecule has 2 heterocycles. The van der Waals surface area contributed by atoms with Crippen LogP contribution >= 0.6 is 23.6 Å². The summed E-state index contributed by atoms with van der Waals surface area (Å²) in [6, 6.07) is 13.9. The molecule has 1 aliphatic heterocycles. The molecule has 0 spiro atoms. The van der Waals surface area contributed by atoms with Crippen molar-refractivity contribution < 1.29 is 13.2 Å². The van der Waals surface area contributed by atoms with E-state index in [0.29, 0.717) is 23.8 Å². The molecule has 4 rings (SSSR count). The summed E-state index contributed by atoms with van der Waals surface area (Å²) in [5.74, 6) is -0.428. The van der Waals surface area contributed by atoms with Crippen LogP contribution in [0.3, 0.4) is 0 Å². The fourth-order valence-electron chi connectivity index (χ4n) is 3.35. The summed E-state index contributed by atoms with van der Waals surface area (Å²) in [5, 5.41) is 8.12. The molecule has 166 valence electrons. The van der Waals surface area contributed by atoms with Crippen molar-refractivity contribution in [2.75, 3.05) is 18.4 Å². The number of sulfonamides is 1. The Labute approximate surface area is 196 Å². The van der Waals surface area contributed by atoms with Crippen molar-refractivity contribution in [3.63, 3.8) is 0 Å². The summed E-state index contributed by atoms with van der Waals surface area (Å²) in [6.45, 7) is 3.10. The Balaban J connectivity index is 1.36. The predicted molar refractivity (Wildman–Crippen MR) is 130 cm³/mol. The van der Waals surface area contributed by atoms with Crippen LogP contribution in [0.5, 0.6) is 0 Å². The van der Waals surface area contributed by atoms with Crippen LogP contribution in [0.15, 0.2) is 58.8 Å². The molecule has 1 fully saturated rings. The first-order chi connectivity index (χ1) is 15.3. The highest BCUT2D eigenvalue weighted by Gasteiger charge is 2.27. The number of anilines is 1. The van der Waals surface area contributed by atoms with E-state index in [-0.39, 0.29) is 10.0 Å². The third-order valence-corrected chi connectivity index (χ3v) is 7.99. The van der Waals surface area contributed by atoms with Crippen LogP contribution in [0.25, 0.3) is 11.3 Å². The van der Waals surface area contributed by atoms with E-state index in [9.17, 15) is 13.2 Å². The smallest absolute Gasteiger partial charge is 0.257 e. The van der Waals surface area contributed by atoms with Gasteiger partial charge in [-0.15, -0.1) is 11.3 Å². The average Bonchev–Trinajstić information content (AvgIpc) is 3.47. The molecule has 0 atom stereocenters. The van der Waals surface area contributed by atoms with Gasteiger partial charge in [0.25, 0.3) is 5.91 Å². The van der Waals surface area contributed by atoms with Crippen LogP contribution < -0.4 is 10.6 Å². The molecule has 32 heavy (non-hydrogen) atoms. The van der Waals surface area contributed by atoms with Gasteiger partial charge >= 0.3 is 0 Å². The number of hydrogen-bond donors (Lipinski definition) is 2. The zero-order valence-corrected chi connectivity index (χ0v) is 19.8. The number of aromatic nitrogens is 1. The van der Waals surface area contributed by atoms with E-state index in [1.165, 1.54) is 45.5 Å². The average molecular weight is 487 g/mol. The Hall–Kier alpha value is -2.66. The Morgan fingerprint density at radius 3 is 2.38 bits per heavy atom. The lowest BCUT2D eigenvalue weighted by Gasteiger charge is -2.15. The zero-order chi connectivity index (χ0) is 22.7. The number of carbonyl (C=O) groups excluding carboxylic acids is 1. The molecule has 10 heteroatoms. The molecule has 1 aliphatic rings. The van der Waals surface area contributed by atoms with Gasteiger partial charge in [0.1, 0.15) is 0 Å². The van der Waals surface area contributed by atoms with Crippen LogP contribution in [0.1, 0.15) is 28.8 Å². The highest BCUT2D eigenvalue weighted by molar-refractivity contribution is 7.89. The van der Waals surface area contributed by atoms with E-state index < -0.39 is 15.9 Å². The van der Waals surface area contributed by atoms with Gasteiger partial charge in [-0.05, 0) is 56.2 Å². The molecule has 7 nitrogen and oxygen atoms in total. The summed E-state index contributed by atoms with van der Waals surface area (Å²) in [6.07, 6.45) is 1.74. The van der Waals surface area contributed by atoms with E-state index in [4.69, 9.17) is 12.2 Å². The largest absolute Gasteiger partial charge is 0.308 e. The Kier molecular flexibility index (Phi) is 6.66. The van der Waals surface area contributed by atoms with Crippen LogP contribution in [-0.2, 0) is 10.0 Å². The number of rotatable bonds is 5. The molecule has 0 radical (unpaired) electrons. The molecule has 0 aliphatic carbocycles. The fourth-order valence-corrected chi connectivity index (χ4v) is 5.84. The third-order valence-electron chi connectivity index (χ3n) is 5.12. The fraction of sp³-hybridized carbons (Fsp3) is 0.227. The van der Waals surface area contributed by atoms with Crippen molar-refractivity contribution in [3.05, 3.63) is 65.0 Å². The Morgan fingerprint density at radius 1 is 1.06 bits per heavy atom. The normalized spacial score (nSPS) is 14.3. The number of thiazole rings is 1. The maximum Gasteiger partial charge on any atom is 0.257 e. The number of benzene rings is 2. The Morgan fingerprint density at radius 2 is 1.72 bits per heavy atom.